The molecule has 0 saturated carbocycles. The van der Waals surface area contributed by atoms with E-state index in [0.717, 1.165) is 5.56 Å². The lowest BCUT2D eigenvalue weighted by molar-refractivity contribution is 0.217. The maximum atomic E-state index is 11.5. The lowest BCUT2D eigenvalue weighted by Crippen LogP contribution is -2.25. The molecule has 0 amide bonds. The van der Waals surface area contributed by atoms with Crippen LogP contribution in [0.1, 0.15) is 5.56 Å². The molecular weight excluding hydrogens is 238 g/mol. The van der Waals surface area contributed by atoms with Gasteiger partial charge in [-0.3, -0.25) is 0 Å². The number of hydrogen-bond acceptors (Lipinski definition) is 4. The summed E-state index contributed by atoms with van der Waals surface area (Å²) in [5, 5.41) is 3.11. The quantitative estimate of drug-likeness (QED) is 0.701. The summed E-state index contributed by atoms with van der Waals surface area (Å²) < 4.78 is 27.7. The van der Waals surface area contributed by atoms with Gasteiger partial charge in [0, 0.05) is 20.2 Å². The van der Waals surface area contributed by atoms with Crippen molar-refractivity contribution in [3.05, 3.63) is 35.9 Å². The molecule has 0 heterocycles. The van der Waals surface area contributed by atoms with Crippen LogP contribution in [-0.4, -0.2) is 40.2 Å². The molecule has 0 aromatic heterocycles. The molecule has 0 aliphatic heterocycles. The lowest BCUT2D eigenvalue weighted by atomic mass is 10.2. The highest BCUT2D eigenvalue weighted by molar-refractivity contribution is 7.91. The Kier molecular flexibility index (Phi) is 6.18. The first-order valence-electron chi connectivity index (χ1n) is 5.58. The topological polar surface area (TPSA) is 55.4 Å². The molecule has 1 N–H and O–H groups in total. The fourth-order valence-electron chi connectivity index (χ4n) is 1.37. The molecule has 17 heavy (non-hydrogen) atoms. The lowest BCUT2D eigenvalue weighted by Gasteiger charge is -2.06. The number of rotatable bonds is 8. The van der Waals surface area contributed by atoms with Crippen molar-refractivity contribution < 1.29 is 13.2 Å². The molecule has 0 unspecified atom stereocenters. The second-order valence-electron chi connectivity index (χ2n) is 3.81. The standard InChI is InChI=1S/C12H19NO3S/c1-16-8-10-17(14,15)9-7-13-11-12-5-3-2-4-6-12/h2-6,13H,7-11H2,1H3. The van der Waals surface area contributed by atoms with Gasteiger partial charge in [0.15, 0.2) is 9.84 Å². The van der Waals surface area contributed by atoms with Crippen molar-refractivity contribution in [2.75, 3.05) is 31.8 Å². The Morgan fingerprint density at radius 1 is 1.18 bits per heavy atom. The van der Waals surface area contributed by atoms with Gasteiger partial charge < -0.3 is 10.1 Å². The van der Waals surface area contributed by atoms with E-state index in [2.05, 4.69) is 5.32 Å². The number of ether oxygens (including phenoxy) is 1. The van der Waals surface area contributed by atoms with Gasteiger partial charge in [-0.15, -0.1) is 0 Å². The third kappa shape index (κ3) is 6.41. The molecule has 4 nitrogen and oxygen atoms in total. The van der Waals surface area contributed by atoms with Crippen LogP contribution in [0.4, 0.5) is 0 Å². The summed E-state index contributed by atoms with van der Waals surface area (Å²) in [5.74, 6) is 0.250. The van der Waals surface area contributed by atoms with Gasteiger partial charge in [-0.2, -0.15) is 0 Å². The summed E-state index contributed by atoms with van der Waals surface area (Å²) in [6, 6.07) is 9.90. The molecule has 0 atom stereocenters. The summed E-state index contributed by atoms with van der Waals surface area (Å²) >= 11 is 0. The molecule has 5 heteroatoms. The summed E-state index contributed by atoms with van der Waals surface area (Å²) in [6.07, 6.45) is 0. The van der Waals surface area contributed by atoms with Crippen LogP contribution in [-0.2, 0) is 21.1 Å². The number of nitrogens with one attached hydrogen (secondary N) is 1. The second-order valence-corrected chi connectivity index (χ2v) is 6.11. The summed E-state index contributed by atoms with van der Waals surface area (Å²) in [5.41, 5.74) is 1.15. The van der Waals surface area contributed by atoms with Gasteiger partial charge in [-0.05, 0) is 5.56 Å². The van der Waals surface area contributed by atoms with Crippen molar-refractivity contribution in [2.45, 2.75) is 6.54 Å². The van der Waals surface area contributed by atoms with Crippen molar-refractivity contribution in [3.8, 4) is 0 Å². The molecule has 0 aliphatic carbocycles. The van der Waals surface area contributed by atoms with Gasteiger partial charge in [0.25, 0.3) is 0 Å². The van der Waals surface area contributed by atoms with Crippen LogP contribution in [0.5, 0.6) is 0 Å². The van der Waals surface area contributed by atoms with E-state index in [9.17, 15) is 8.42 Å². The molecule has 0 radical (unpaired) electrons. The van der Waals surface area contributed by atoms with E-state index in [1.165, 1.54) is 7.11 Å². The molecule has 0 saturated heterocycles. The minimum absolute atomic E-state index is 0.0938. The fourth-order valence-corrected chi connectivity index (χ4v) is 2.45. The van der Waals surface area contributed by atoms with E-state index < -0.39 is 9.84 Å². The van der Waals surface area contributed by atoms with Crippen LogP contribution in [0.25, 0.3) is 0 Å². The zero-order valence-electron chi connectivity index (χ0n) is 10.1. The molecule has 0 fully saturated rings. The normalized spacial score (nSPS) is 11.6. The molecule has 0 aliphatic rings. The smallest absolute Gasteiger partial charge is 0.153 e. The van der Waals surface area contributed by atoms with Crippen molar-refractivity contribution in [2.24, 2.45) is 0 Å². The Bertz CT molecular complexity index is 403. The first-order valence-corrected chi connectivity index (χ1v) is 7.40. The number of methoxy groups -OCH3 is 1. The molecule has 96 valence electrons. The highest BCUT2D eigenvalue weighted by Crippen LogP contribution is 1.97. The van der Waals surface area contributed by atoms with Crippen LogP contribution in [0.3, 0.4) is 0 Å². The van der Waals surface area contributed by atoms with Crippen LogP contribution in [0, 0.1) is 0 Å². The Morgan fingerprint density at radius 2 is 1.88 bits per heavy atom. The Labute approximate surface area is 103 Å². The zero-order chi connectivity index (χ0) is 12.6. The monoisotopic (exact) mass is 257 g/mol. The van der Waals surface area contributed by atoms with Gasteiger partial charge in [0.2, 0.25) is 0 Å². The second kappa shape index (κ2) is 7.42. The van der Waals surface area contributed by atoms with Crippen molar-refractivity contribution in [1.82, 2.24) is 5.32 Å². The molecule has 1 aromatic rings. The molecular formula is C12H19NO3S. The van der Waals surface area contributed by atoms with Crippen LogP contribution in [0.15, 0.2) is 30.3 Å². The first kappa shape index (κ1) is 14.2. The molecule has 1 rings (SSSR count). The Hall–Kier alpha value is -0.910. The zero-order valence-corrected chi connectivity index (χ0v) is 10.9. The van der Waals surface area contributed by atoms with E-state index in [1.807, 2.05) is 30.3 Å². The van der Waals surface area contributed by atoms with Gasteiger partial charge in [0.05, 0.1) is 18.1 Å². The van der Waals surface area contributed by atoms with Gasteiger partial charge >= 0.3 is 0 Å². The summed E-state index contributed by atoms with van der Waals surface area (Å²) in [7, 11) is -1.48. The third-order valence-electron chi connectivity index (χ3n) is 2.36. The predicted octanol–water partition coefficient (Wildman–Crippen LogP) is 0.837. The fraction of sp³-hybridized carbons (Fsp3) is 0.500. The first-order chi connectivity index (χ1) is 8.14. The van der Waals surface area contributed by atoms with Crippen molar-refractivity contribution in [1.29, 1.82) is 0 Å². The molecule has 1 aromatic carbocycles. The summed E-state index contributed by atoms with van der Waals surface area (Å²) in [6.45, 7) is 1.43. The Balaban J connectivity index is 2.20. The molecule has 0 bridgehead atoms. The van der Waals surface area contributed by atoms with E-state index >= 15 is 0 Å². The molecule has 0 spiro atoms. The maximum absolute atomic E-state index is 11.5. The predicted molar refractivity (Wildman–Crippen MR) is 68.7 cm³/mol. The van der Waals surface area contributed by atoms with Gasteiger partial charge in [-0.25, -0.2) is 8.42 Å². The minimum Gasteiger partial charge on any atom is -0.384 e. The highest BCUT2D eigenvalue weighted by Gasteiger charge is 2.09. The van der Waals surface area contributed by atoms with E-state index in [-0.39, 0.29) is 18.1 Å². The SMILES string of the molecule is COCCS(=O)(=O)CCNCc1ccccc1. The van der Waals surface area contributed by atoms with Crippen molar-refractivity contribution in [3.63, 3.8) is 0 Å². The van der Waals surface area contributed by atoms with Crippen LogP contribution < -0.4 is 5.32 Å². The van der Waals surface area contributed by atoms with Crippen molar-refractivity contribution >= 4 is 9.84 Å². The van der Waals surface area contributed by atoms with Crippen LogP contribution in [0.2, 0.25) is 0 Å². The van der Waals surface area contributed by atoms with Gasteiger partial charge in [0.1, 0.15) is 0 Å². The minimum atomic E-state index is -2.99. The third-order valence-corrected chi connectivity index (χ3v) is 3.98. The maximum Gasteiger partial charge on any atom is 0.153 e. The number of sulfone groups is 1. The highest BCUT2D eigenvalue weighted by atomic mass is 32.2. The van der Waals surface area contributed by atoms with E-state index in [1.54, 1.807) is 0 Å². The van der Waals surface area contributed by atoms with Gasteiger partial charge in [-0.1, -0.05) is 30.3 Å². The Morgan fingerprint density at radius 3 is 2.53 bits per heavy atom. The van der Waals surface area contributed by atoms with E-state index in [4.69, 9.17) is 4.74 Å². The average Bonchev–Trinajstić information content (AvgIpc) is 2.34. The number of hydrogen-bond donors (Lipinski definition) is 1. The average molecular weight is 257 g/mol. The number of benzene rings is 1. The largest absolute Gasteiger partial charge is 0.384 e. The van der Waals surface area contributed by atoms with Crippen LogP contribution >= 0.6 is 0 Å². The summed E-state index contributed by atoms with van der Waals surface area (Å²) in [4.78, 5) is 0. The van der Waals surface area contributed by atoms with E-state index in [0.29, 0.717) is 13.1 Å².